The summed E-state index contributed by atoms with van der Waals surface area (Å²) in [5, 5.41) is 29.8. The van der Waals surface area contributed by atoms with Gasteiger partial charge in [0.05, 0.1) is 6.61 Å². The quantitative estimate of drug-likeness (QED) is 0.187. The normalized spacial score (nSPS) is 11.1. The third-order valence-electron chi connectivity index (χ3n) is 6.03. The summed E-state index contributed by atoms with van der Waals surface area (Å²) in [5.74, 6) is 0.912. The second-order valence-corrected chi connectivity index (χ2v) is 8.67. The summed E-state index contributed by atoms with van der Waals surface area (Å²) in [6.45, 7) is 2.81. The molecule has 4 heteroatoms. The minimum Gasteiger partial charge on any atom is -0.508 e. The monoisotopic (exact) mass is 448 g/mol. The molecule has 4 nitrogen and oxygen atoms in total. The van der Waals surface area contributed by atoms with Crippen molar-refractivity contribution in [3.8, 4) is 23.0 Å². The Morgan fingerprint density at radius 1 is 0.606 bits per heavy atom. The topological polar surface area (TPSA) is 69.9 Å². The van der Waals surface area contributed by atoms with Crippen molar-refractivity contribution < 1.29 is 20.1 Å². The van der Waals surface area contributed by atoms with Crippen LogP contribution in [0.4, 0.5) is 0 Å². The maximum Gasteiger partial charge on any atom is 0.161 e. The molecule has 0 radical (unpaired) electrons. The first-order valence-electron chi connectivity index (χ1n) is 12.1. The van der Waals surface area contributed by atoms with Crippen molar-refractivity contribution in [2.24, 2.45) is 0 Å². The maximum absolute atomic E-state index is 10.4. The van der Waals surface area contributed by atoms with Crippen LogP contribution in [0.1, 0.15) is 80.9 Å². The van der Waals surface area contributed by atoms with Gasteiger partial charge in [-0.1, -0.05) is 82.2 Å². The molecule has 0 aromatic heterocycles. The van der Waals surface area contributed by atoms with Gasteiger partial charge in [0.15, 0.2) is 11.5 Å². The standard InChI is InChI=1S/C29H36O4/c1-2-3-4-5-6-7-8-9-20-33-28-21-24(14-19-27(28)32)29(22-10-15-25(30)16-11-22)23-12-17-26(31)18-13-23/h10-19,21,29-32H,2-9,20H2,1H3. The molecule has 0 unspecified atom stereocenters. The minimum absolute atomic E-state index is 0.128. The Morgan fingerprint density at radius 3 is 1.64 bits per heavy atom. The Morgan fingerprint density at radius 2 is 1.09 bits per heavy atom. The van der Waals surface area contributed by atoms with E-state index in [0.717, 1.165) is 29.5 Å². The van der Waals surface area contributed by atoms with Crippen LogP contribution >= 0.6 is 0 Å². The molecule has 0 bridgehead atoms. The van der Waals surface area contributed by atoms with Crippen LogP contribution < -0.4 is 4.74 Å². The molecule has 176 valence electrons. The summed E-state index contributed by atoms with van der Waals surface area (Å²) in [7, 11) is 0. The first-order valence-corrected chi connectivity index (χ1v) is 12.1. The molecule has 0 heterocycles. The predicted molar refractivity (Wildman–Crippen MR) is 133 cm³/mol. The summed E-state index contributed by atoms with van der Waals surface area (Å²) in [6, 6.07) is 19.7. The highest BCUT2D eigenvalue weighted by atomic mass is 16.5. The van der Waals surface area contributed by atoms with Crippen molar-refractivity contribution in [1.29, 1.82) is 0 Å². The number of unbranched alkanes of at least 4 members (excludes halogenated alkanes) is 7. The Kier molecular flexibility index (Phi) is 9.49. The third kappa shape index (κ3) is 7.45. The van der Waals surface area contributed by atoms with Crippen LogP contribution in [-0.4, -0.2) is 21.9 Å². The number of rotatable bonds is 13. The first-order chi connectivity index (χ1) is 16.1. The van der Waals surface area contributed by atoms with E-state index in [2.05, 4.69) is 6.92 Å². The zero-order chi connectivity index (χ0) is 23.5. The summed E-state index contributed by atoms with van der Waals surface area (Å²) in [5.41, 5.74) is 2.96. The van der Waals surface area contributed by atoms with Crippen molar-refractivity contribution in [3.63, 3.8) is 0 Å². The van der Waals surface area contributed by atoms with E-state index >= 15 is 0 Å². The van der Waals surface area contributed by atoms with Gasteiger partial charge in [-0.25, -0.2) is 0 Å². The number of hydrogen-bond donors (Lipinski definition) is 3. The van der Waals surface area contributed by atoms with E-state index in [0.29, 0.717) is 12.4 Å². The fraction of sp³-hybridized carbons (Fsp3) is 0.379. The van der Waals surface area contributed by atoms with Crippen LogP contribution in [0.25, 0.3) is 0 Å². The molecule has 0 fully saturated rings. The Hall–Kier alpha value is -3.14. The van der Waals surface area contributed by atoms with Gasteiger partial charge in [-0.05, 0) is 59.5 Å². The van der Waals surface area contributed by atoms with Gasteiger partial charge >= 0.3 is 0 Å². The number of hydrogen-bond acceptors (Lipinski definition) is 4. The van der Waals surface area contributed by atoms with E-state index in [1.165, 1.54) is 38.5 Å². The van der Waals surface area contributed by atoms with Crippen LogP contribution in [0.5, 0.6) is 23.0 Å². The SMILES string of the molecule is CCCCCCCCCCOc1cc(C(c2ccc(O)cc2)c2ccc(O)cc2)ccc1O. The Balaban J connectivity index is 1.69. The van der Waals surface area contributed by atoms with E-state index in [-0.39, 0.29) is 23.2 Å². The van der Waals surface area contributed by atoms with Gasteiger partial charge in [0.2, 0.25) is 0 Å². The lowest BCUT2D eigenvalue weighted by Gasteiger charge is -2.20. The molecule has 0 atom stereocenters. The van der Waals surface area contributed by atoms with Crippen LogP contribution in [0.3, 0.4) is 0 Å². The largest absolute Gasteiger partial charge is 0.508 e. The number of phenols is 3. The lowest BCUT2D eigenvalue weighted by atomic mass is 9.85. The summed E-state index contributed by atoms with van der Waals surface area (Å²) < 4.78 is 5.95. The molecule has 0 saturated heterocycles. The maximum atomic E-state index is 10.4. The fourth-order valence-corrected chi connectivity index (χ4v) is 4.15. The van der Waals surface area contributed by atoms with E-state index in [9.17, 15) is 15.3 Å². The predicted octanol–water partition coefficient (Wildman–Crippen LogP) is 7.50. The van der Waals surface area contributed by atoms with Crippen molar-refractivity contribution in [2.45, 2.75) is 64.2 Å². The number of phenolic OH excluding ortho intramolecular Hbond substituents is 3. The van der Waals surface area contributed by atoms with Crippen molar-refractivity contribution in [1.82, 2.24) is 0 Å². The van der Waals surface area contributed by atoms with Crippen LogP contribution in [0, 0.1) is 0 Å². The summed E-state index contributed by atoms with van der Waals surface area (Å²) in [6.07, 6.45) is 9.85. The van der Waals surface area contributed by atoms with Crippen LogP contribution in [-0.2, 0) is 0 Å². The van der Waals surface area contributed by atoms with Gasteiger partial charge in [-0.2, -0.15) is 0 Å². The highest BCUT2D eigenvalue weighted by Crippen LogP contribution is 2.37. The fourth-order valence-electron chi connectivity index (χ4n) is 4.15. The molecule has 0 aliphatic rings. The van der Waals surface area contributed by atoms with Crippen molar-refractivity contribution in [2.75, 3.05) is 6.61 Å². The number of aromatic hydroxyl groups is 3. The molecular formula is C29H36O4. The van der Waals surface area contributed by atoms with Gasteiger partial charge in [-0.15, -0.1) is 0 Å². The van der Waals surface area contributed by atoms with Crippen molar-refractivity contribution in [3.05, 3.63) is 83.4 Å². The summed E-state index contributed by atoms with van der Waals surface area (Å²) in [4.78, 5) is 0. The highest BCUT2D eigenvalue weighted by Gasteiger charge is 2.19. The van der Waals surface area contributed by atoms with Gasteiger partial charge in [0.25, 0.3) is 0 Å². The number of benzene rings is 3. The Labute approximate surface area is 197 Å². The van der Waals surface area contributed by atoms with E-state index in [4.69, 9.17) is 4.74 Å². The van der Waals surface area contributed by atoms with Gasteiger partial charge in [0.1, 0.15) is 11.5 Å². The molecule has 3 N–H and O–H groups in total. The zero-order valence-corrected chi connectivity index (χ0v) is 19.5. The number of ether oxygens (including phenoxy) is 1. The average molecular weight is 449 g/mol. The van der Waals surface area contributed by atoms with Crippen LogP contribution in [0.15, 0.2) is 66.7 Å². The molecule has 0 spiro atoms. The minimum atomic E-state index is -0.128. The lowest BCUT2D eigenvalue weighted by molar-refractivity contribution is 0.288. The summed E-state index contributed by atoms with van der Waals surface area (Å²) >= 11 is 0. The molecule has 3 rings (SSSR count). The average Bonchev–Trinajstić information content (AvgIpc) is 2.82. The van der Waals surface area contributed by atoms with Gasteiger partial charge < -0.3 is 20.1 Å². The smallest absolute Gasteiger partial charge is 0.161 e. The first kappa shape index (κ1) is 24.5. The van der Waals surface area contributed by atoms with E-state index in [1.807, 2.05) is 36.4 Å². The molecule has 0 amide bonds. The van der Waals surface area contributed by atoms with E-state index < -0.39 is 0 Å². The molecule has 0 aliphatic heterocycles. The van der Waals surface area contributed by atoms with Gasteiger partial charge in [0, 0.05) is 5.92 Å². The molecular weight excluding hydrogens is 412 g/mol. The van der Waals surface area contributed by atoms with E-state index in [1.54, 1.807) is 30.3 Å². The highest BCUT2D eigenvalue weighted by molar-refractivity contribution is 5.50. The third-order valence-corrected chi connectivity index (χ3v) is 6.03. The van der Waals surface area contributed by atoms with Crippen LogP contribution in [0.2, 0.25) is 0 Å². The lowest BCUT2D eigenvalue weighted by Crippen LogP contribution is -2.04. The Bertz CT molecular complexity index is 918. The molecule has 33 heavy (non-hydrogen) atoms. The zero-order valence-electron chi connectivity index (χ0n) is 19.5. The molecule has 0 aliphatic carbocycles. The van der Waals surface area contributed by atoms with Crippen molar-refractivity contribution >= 4 is 0 Å². The second-order valence-electron chi connectivity index (χ2n) is 8.67. The van der Waals surface area contributed by atoms with Gasteiger partial charge in [-0.3, -0.25) is 0 Å². The molecule has 3 aromatic rings. The molecule has 0 saturated carbocycles. The molecule has 3 aromatic carbocycles. The second kappa shape index (κ2) is 12.8.